The maximum absolute atomic E-state index is 5.80. The van der Waals surface area contributed by atoms with Gasteiger partial charge in [0.05, 0.1) is 0 Å². The first-order chi connectivity index (χ1) is 7.75. The molecule has 0 spiro atoms. The van der Waals surface area contributed by atoms with Crippen LogP contribution < -0.4 is 0 Å². The van der Waals surface area contributed by atoms with E-state index in [0.717, 1.165) is 16.1 Å². The number of hydrogen-bond acceptors (Lipinski definition) is 0. The molecular weight excluding hydrogens is 331 g/mol. The van der Waals surface area contributed by atoms with Crippen molar-refractivity contribution in [3.63, 3.8) is 0 Å². The van der Waals surface area contributed by atoms with Crippen LogP contribution in [0.4, 0.5) is 0 Å². The van der Waals surface area contributed by atoms with Gasteiger partial charge in [-0.3, -0.25) is 0 Å². The van der Waals surface area contributed by atoms with E-state index in [1.54, 1.807) is 0 Å². The van der Waals surface area contributed by atoms with Gasteiger partial charge in [0.15, 0.2) is 0 Å². The van der Waals surface area contributed by atoms with Gasteiger partial charge in [-0.15, -0.1) is 0 Å². The van der Waals surface area contributed by atoms with E-state index in [4.69, 9.17) is 11.6 Å². The summed E-state index contributed by atoms with van der Waals surface area (Å²) in [6, 6.07) is 15.6. The molecule has 0 heterocycles. The van der Waals surface area contributed by atoms with Gasteiger partial charge in [-0.1, -0.05) is 35.6 Å². The largest absolute Gasteiger partial charge is 0.0843 e. The number of halogens is 2. The quantitative estimate of drug-likeness (QED) is 0.495. The minimum atomic E-state index is 0.736. The molecule has 0 atom stereocenters. The summed E-state index contributed by atoms with van der Waals surface area (Å²) in [6.07, 6.45) is 0. The standard InChI is InChI=1S/C14H8ClI/c15-13-9-6-11(7-10-13)5-8-12-3-1-2-4-14(12)16/h1-4,6-7,9-10H. The lowest BCUT2D eigenvalue weighted by Crippen LogP contribution is -1.80. The van der Waals surface area contributed by atoms with Gasteiger partial charge in [0, 0.05) is 19.7 Å². The molecule has 0 nitrogen and oxygen atoms in total. The molecule has 2 rings (SSSR count). The lowest BCUT2D eigenvalue weighted by molar-refractivity contribution is 1.58. The van der Waals surface area contributed by atoms with Crippen LogP contribution in [0.15, 0.2) is 48.5 Å². The predicted molar refractivity (Wildman–Crippen MR) is 76.6 cm³/mol. The molecule has 0 aliphatic heterocycles. The first-order valence-corrected chi connectivity index (χ1v) is 6.23. The van der Waals surface area contributed by atoms with Crippen molar-refractivity contribution in [1.29, 1.82) is 0 Å². The van der Waals surface area contributed by atoms with Gasteiger partial charge in [-0.05, 0) is 59.0 Å². The van der Waals surface area contributed by atoms with Crippen molar-refractivity contribution in [1.82, 2.24) is 0 Å². The Morgan fingerprint density at radius 2 is 1.56 bits per heavy atom. The Labute approximate surface area is 114 Å². The fourth-order valence-corrected chi connectivity index (χ4v) is 1.88. The smallest absolute Gasteiger partial charge is 0.0406 e. The van der Waals surface area contributed by atoms with Crippen LogP contribution in [-0.2, 0) is 0 Å². The van der Waals surface area contributed by atoms with Gasteiger partial charge in [0.1, 0.15) is 0 Å². The summed E-state index contributed by atoms with van der Waals surface area (Å²) in [5, 5.41) is 0.736. The second-order valence-electron chi connectivity index (χ2n) is 3.24. The van der Waals surface area contributed by atoms with Gasteiger partial charge in [-0.2, -0.15) is 0 Å². The summed E-state index contributed by atoms with van der Waals surface area (Å²) < 4.78 is 1.17. The fourth-order valence-electron chi connectivity index (χ4n) is 1.24. The molecule has 0 radical (unpaired) electrons. The molecule has 0 amide bonds. The van der Waals surface area contributed by atoms with E-state index in [9.17, 15) is 0 Å². The summed E-state index contributed by atoms with van der Waals surface area (Å²) in [5.41, 5.74) is 2.03. The van der Waals surface area contributed by atoms with Crippen LogP contribution >= 0.6 is 34.2 Å². The Balaban J connectivity index is 2.29. The predicted octanol–water partition coefficient (Wildman–Crippen LogP) is 4.34. The Bertz CT molecular complexity index is 547. The lowest BCUT2D eigenvalue weighted by atomic mass is 10.2. The summed E-state index contributed by atoms with van der Waals surface area (Å²) in [6.45, 7) is 0. The Morgan fingerprint density at radius 1 is 0.875 bits per heavy atom. The molecule has 0 aliphatic carbocycles. The summed E-state index contributed by atoms with van der Waals surface area (Å²) >= 11 is 8.09. The van der Waals surface area contributed by atoms with Gasteiger partial charge in [-0.25, -0.2) is 0 Å². The molecule has 0 bridgehead atoms. The minimum absolute atomic E-state index is 0.736. The molecule has 2 heteroatoms. The third kappa shape index (κ3) is 3.01. The molecule has 0 fully saturated rings. The lowest BCUT2D eigenvalue weighted by Gasteiger charge is -1.94. The first kappa shape index (κ1) is 11.5. The van der Waals surface area contributed by atoms with Crippen molar-refractivity contribution in [2.24, 2.45) is 0 Å². The molecule has 0 unspecified atom stereocenters. The maximum atomic E-state index is 5.80. The van der Waals surface area contributed by atoms with Gasteiger partial charge >= 0.3 is 0 Å². The summed E-state index contributed by atoms with van der Waals surface area (Å²) in [4.78, 5) is 0. The topological polar surface area (TPSA) is 0 Å². The van der Waals surface area contributed by atoms with Crippen molar-refractivity contribution in [3.8, 4) is 11.8 Å². The van der Waals surface area contributed by atoms with Gasteiger partial charge in [0.25, 0.3) is 0 Å². The van der Waals surface area contributed by atoms with E-state index in [1.807, 2.05) is 48.5 Å². The highest BCUT2D eigenvalue weighted by molar-refractivity contribution is 14.1. The highest BCUT2D eigenvalue weighted by atomic mass is 127. The van der Waals surface area contributed by atoms with Crippen LogP contribution in [-0.4, -0.2) is 0 Å². The number of hydrogen-bond donors (Lipinski definition) is 0. The highest BCUT2D eigenvalue weighted by Crippen LogP contribution is 2.11. The average molecular weight is 339 g/mol. The van der Waals surface area contributed by atoms with E-state index in [1.165, 1.54) is 3.57 Å². The monoisotopic (exact) mass is 338 g/mol. The average Bonchev–Trinajstić information content (AvgIpc) is 2.30. The van der Waals surface area contributed by atoms with Crippen molar-refractivity contribution in [2.45, 2.75) is 0 Å². The van der Waals surface area contributed by atoms with Gasteiger partial charge in [0.2, 0.25) is 0 Å². The molecule has 0 aromatic heterocycles. The molecular formula is C14H8ClI. The zero-order valence-electron chi connectivity index (χ0n) is 8.37. The number of benzene rings is 2. The Hall–Kier alpha value is -0.980. The number of rotatable bonds is 0. The normalized spacial score (nSPS) is 9.38. The van der Waals surface area contributed by atoms with Crippen molar-refractivity contribution in [3.05, 3.63) is 68.3 Å². The van der Waals surface area contributed by atoms with Crippen molar-refractivity contribution >= 4 is 34.2 Å². The molecule has 0 aliphatic rings. The van der Waals surface area contributed by atoms with Crippen LogP contribution in [0.1, 0.15) is 11.1 Å². The zero-order valence-corrected chi connectivity index (χ0v) is 11.3. The van der Waals surface area contributed by atoms with Crippen LogP contribution in [0.25, 0.3) is 0 Å². The summed E-state index contributed by atoms with van der Waals surface area (Å²) in [5.74, 6) is 6.26. The first-order valence-electron chi connectivity index (χ1n) is 4.78. The van der Waals surface area contributed by atoms with E-state index >= 15 is 0 Å². The van der Waals surface area contributed by atoms with E-state index in [-0.39, 0.29) is 0 Å². The molecule has 78 valence electrons. The van der Waals surface area contributed by atoms with Crippen LogP contribution in [0.5, 0.6) is 0 Å². The van der Waals surface area contributed by atoms with Gasteiger partial charge < -0.3 is 0 Å². The molecule has 0 saturated heterocycles. The van der Waals surface area contributed by atoms with E-state index in [2.05, 4.69) is 34.4 Å². The van der Waals surface area contributed by atoms with Crippen molar-refractivity contribution in [2.75, 3.05) is 0 Å². The molecule has 2 aromatic carbocycles. The third-order valence-electron chi connectivity index (χ3n) is 2.06. The third-order valence-corrected chi connectivity index (χ3v) is 3.25. The Kier molecular flexibility index (Phi) is 3.87. The van der Waals surface area contributed by atoms with Crippen LogP contribution in [0.2, 0.25) is 5.02 Å². The SMILES string of the molecule is Clc1ccc(C#Cc2ccccc2I)cc1. The fraction of sp³-hybridized carbons (Fsp3) is 0. The van der Waals surface area contributed by atoms with Crippen molar-refractivity contribution < 1.29 is 0 Å². The highest BCUT2D eigenvalue weighted by Gasteiger charge is 1.92. The maximum Gasteiger partial charge on any atom is 0.0406 e. The molecule has 0 saturated carbocycles. The second kappa shape index (κ2) is 5.38. The van der Waals surface area contributed by atoms with Crippen LogP contribution in [0, 0.1) is 15.4 Å². The Morgan fingerprint density at radius 3 is 2.25 bits per heavy atom. The zero-order chi connectivity index (χ0) is 11.4. The molecule has 16 heavy (non-hydrogen) atoms. The second-order valence-corrected chi connectivity index (χ2v) is 4.84. The minimum Gasteiger partial charge on any atom is -0.0843 e. The van der Waals surface area contributed by atoms with E-state index in [0.29, 0.717) is 0 Å². The molecule has 0 N–H and O–H groups in total. The van der Waals surface area contributed by atoms with E-state index < -0.39 is 0 Å². The molecule has 2 aromatic rings. The van der Waals surface area contributed by atoms with Crippen LogP contribution in [0.3, 0.4) is 0 Å². The summed E-state index contributed by atoms with van der Waals surface area (Å²) in [7, 11) is 0.